The molecule has 1 aromatic heterocycles. The van der Waals surface area contributed by atoms with Crippen molar-refractivity contribution in [1.82, 2.24) is 4.72 Å². The van der Waals surface area contributed by atoms with E-state index in [0.717, 1.165) is 11.3 Å². The van der Waals surface area contributed by atoms with Crippen molar-refractivity contribution in [2.24, 2.45) is 0 Å². The van der Waals surface area contributed by atoms with E-state index in [0.29, 0.717) is 9.90 Å². The Kier molecular flexibility index (Phi) is 4.44. The first kappa shape index (κ1) is 15.0. The Morgan fingerprint density at radius 3 is 2.35 bits per heavy atom. The second-order valence-corrected chi connectivity index (χ2v) is 7.52. The maximum absolute atomic E-state index is 12.1. The lowest BCUT2D eigenvalue weighted by atomic mass is 10.1. The van der Waals surface area contributed by atoms with Crippen LogP contribution in [0.2, 0.25) is 4.34 Å². The highest BCUT2D eigenvalue weighted by Gasteiger charge is 2.27. The second-order valence-electron chi connectivity index (χ2n) is 3.86. The monoisotopic (exact) mass is 331 g/mol. The minimum Gasteiger partial charge on any atom is -0.480 e. The van der Waals surface area contributed by atoms with Crippen molar-refractivity contribution in [1.29, 1.82) is 0 Å². The zero-order valence-electron chi connectivity index (χ0n) is 9.99. The molecule has 0 radical (unpaired) electrons. The number of aliphatic carboxylic acids is 1. The number of hydrogen-bond acceptors (Lipinski definition) is 4. The molecule has 20 heavy (non-hydrogen) atoms. The van der Waals surface area contributed by atoms with E-state index < -0.39 is 22.0 Å². The van der Waals surface area contributed by atoms with Crippen molar-refractivity contribution in [3.05, 3.63) is 52.4 Å². The minimum atomic E-state index is -3.93. The quantitative estimate of drug-likeness (QED) is 0.881. The predicted molar refractivity (Wildman–Crippen MR) is 76.5 cm³/mol. The molecule has 0 saturated heterocycles. The lowest BCUT2D eigenvalue weighted by molar-refractivity contribution is -0.139. The number of sulfonamides is 1. The Bertz CT molecular complexity index is 712. The van der Waals surface area contributed by atoms with Gasteiger partial charge in [0.1, 0.15) is 10.3 Å². The molecule has 1 heterocycles. The molecule has 2 rings (SSSR count). The van der Waals surface area contributed by atoms with Gasteiger partial charge in [-0.25, -0.2) is 8.42 Å². The van der Waals surface area contributed by atoms with Crippen LogP contribution in [0.1, 0.15) is 11.6 Å². The topological polar surface area (TPSA) is 83.5 Å². The number of hydrogen-bond donors (Lipinski definition) is 2. The van der Waals surface area contributed by atoms with Crippen LogP contribution in [0.3, 0.4) is 0 Å². The predicted octanol–water partition coefficient (Wildman–Crippen LogP) is 2.51. The first-order valence-corrected chi connectivity index (χ1v) is 8.13. The third-order valence-electron chi connectivity index (χ3n) is 2.47. The van der Waals surface area contributed by atoms with Gasteiger partial charge in [-0.1, -0.05) is 41.9 Å². The summed E-state index contributed by atoms with van der Waals surface area (Å²) in [4.78, 5) is 11.3. The van der Waals surface area contributed by atoms with Crippen LogP contribution in [0.25, 0.3) is 0 Å². The van der Waals surface area contributed by atoms with Gasteiger partial charge in [0, 0.05) is 0 Å². The molecule has 0 spiro atoms. The summed E-state index contributed by atoms with van der Waals surface area (Å²) >= 11 is 6.56. The molecule has 0 amide bonds. The van der Waals surface area contributed by atoms with Crippen molar-refractivity contribution >= 4 is 38.9 Å². The number of halogens is 1. The number of carboxylic acid groups (broad SMARTS) is 1. The average molecular weight is 332 g/mol. The van der Waals surface area contributed by atoms with Gasteiger partial charge in [-0.2, -0.15) is 4.72 Å². The summed E-state index contributed by atoms with van der Waals surface area (Å²) in [5, 5.41) is 9.19. The summed E-state index contributed by atoms with van der Waals surface area (Å²) in [7, 11) is -3.93. The smallest absolute Gasteiger partial charge is 0.326 e. The Morgan fingerprint density at radius 2 is 1.85 bits per heavy atom. The van der Waals surface area contributed by atoms with Gasteiger partial charge in [-0.05, 0) is 17.7 Å². The number of thiophene rings is 1. The highest BCUT2D eigenvalue weighted by Crippen LogP contribution is 2.27. The van der Waals surface area contributed by atoms with Gasteiger partial charge in [-0.3, -0.25) is 4.79 Å². The van der Waals surface area contributed by atoms with Crippen molar-refractivity contribution < 1.29 is 18.3 Å². The maximum atomic E-state index is 12.1. The van der Waals surface area contributed by atoms with Gasteiger partial charge < -0.3 is 5.11 Å². The standard InChI is InChI=1S/C12H10ClNO4S2/c13-9-6-7-10(19-9)20(17,18)14-11(12(15)16)8-4-2-1-3-5-8/h1-7,11,14H,(H,15,16)/t11-/m1/s1. The van der Waals surface area contributed by atoms with Crippen molar-refractivity contribution in [3.63, 3.8) is 0 Å². The summed E-state index contributed by atoms with van der Waals surface area (Å²) < 4.78 is 26.7. The molecule has 0 aliphatic carbocycles. The van der Waals surface area contributed by atoms with Gasteiger partial charge in [0.2, 0.25) is 0 Å². The van der Waals surface area contributed by atoms with Crippen molar-refractivity contribution in [2.75, 3.05) is 0 Å². The molecular weight excluding hydrogens is 322 g/mol. The van der Waals surface area contributed by atoms with Crippen molar-refractivity contribution in [2.45, 2.75) is 10.3 Å². The number of carbonyl (C=O) groups is 1. The number of benzene rings is 1. The Labute approximate surface area is 124 Å². The fourth-order valence-electron chi connectivity index (χ4n) is 1.56. The third-order valence-corrected chi connectivity index (χ3v) is 5.61. The maximum Gasteiger partial charge on any atom is 0.326 e. The average Bonchev–Trinajstić information content (AvgIpc) is 2.84. The van der Waals surface area contributed by atoms with E-state index in [4.69, 9.17) is 11.6 Å². The fourth-order valence-corrected chi connectivity index (χ4v) is 4.24. The number of rotatable bonds is 5. The first-order chi connectivity index (χ1) is 9.40. The number of carboxylic acids is 1. The van der Waals surface area contributed by atoms with Crippen LogP contribution in [0, 0.1) is 0 Å². The molecule has 0 bridgehead atoms. The molecule has 0 unspecified atom stereocenters. The molecule has 2 N–H and O–H groups in total. The van der Waals surface area contributed by atoms with E-state index in [1.807, 2.05) is 0 Å². The van der Waals surface area contributed by atoms with Gasteiger partial charge in [0.25, 0.3) is 10.0 Å². The zero-order valence-corrected chi connectivity index (χ0v) is 12.4. The summed E-state index contributed by atoms with van der Waals surface area (Å²) in [5.41, 5.74) is 0.353. The fraction of sp³-hybridized carbons (Fsp3) is 0.0833. The normalized spacial score (nSPS) is 13.1. The molecule has 2 aromatic rings. The molecule has 1 atom stereocenters. The Morgan fingerprint density at radius 1 is 1.20 bits per heavy atom. The second kappa shape index (κ2) is 5.92. The zero-order chi connectivity index (χ0) is 14.8. The molecule has 5 nitrogen and oxygen atoms in total. The van der Waals surface area contributed by atoms with Crippen LogP contribution in [0.4, 0.5) is 0 Å². The van der Waals surface area contributed by atoms with E-state index in [1.54, 1.807) is 30.3 Å². The molecular formula is C12H10ClNO4S2. The van der Waals surface area contributed by atoms with Crippen LogP contribution in [-0.4, -0.2) is 19.5 Å². The summed E-state index contributed by atoms with van der Waals surface area (Å²) in [6.07, 6.45) is 0. The highest BCUT2D eigenvalue weighted by atomic mass is 35.5. The Hall–Kier alpha value is -1.41. The molecule has 8 heteroatoms. The number of nitrogens with one attached hydrogen (secondary N) is 1. The largest absolute Gasteiger partial charge is 0.480 e. The minimum absolute atomic E-state index is 0.0234. The summed E-state index contributed by atoms with van der Waals surface area (Å²) in [6.45, 7) is 0. The molecule has 1 aromatic carbocycles. The van der Waals surface area contributed by atoms with E-state index in [9.17, 15) is 18.3 Å². The molecule has 106 valence electrons. The van der Waals surface area contributed by atoms with E-state index in [-0.39, 0.29) is 4.21 Å². The SMILES string of the molecule is O=C(O)[C@H](NS(=O)(=O)c1ccc(Cl)s1)c1ccccc1. The molecule has 0 aliphatic heterocycles. The van der Waals surface area contributed by atoms with E-state index >= 15 is 0 Å². The van der Waals surface area contributed by atoms with Gasteiger partial charge in [0.15, 0.2) is 0 Å². The van der Waals surface area contributed by atoms with Gasteiger partial charge in [0.05, 0.1) is 4.34 Å². The van der Waals surface area contributed by atoms with Gasteiger partial charge in [-0.15, -0.1) is 11.3 Å². The van der Waals surface area contributed by atoms with Crippen LogP contribution >= 0.6 is 22.9 Å². The van der Waals surface area contributed by atoms with Crippen LogP contribution < -0.4 is 4.72 Å². The lowest BCUT2D eigenvalue weighted by Gasteiger charge is -2.14. The van der Waals surface area contributed by atoms with E-state index in [2.05, 4.69) is 4.72 Å². The third kappa shape index (κ3) is 3.37. The highest BCUT2D eigenvalue weighted by molar-refractivity contribution is 7.91. The molecule has 0 fully saturated rings. The van der Waals surface area contributed by atoms with Gasteiger partial charge >= 0.3 is 5.97 Å². The molecule has 0 aliphatic rings. The van der Waals surface area contributed by atoms with Crippen LogP contribution in [-0.2, 0) is 14.8 Å². The molecule has 0 saturated carbocycles. The van der Waals surface area contributed by atoms with Crippen LogP contribution in [0.15, 0.2) is 46.7 Å². The van der Waals surface area contributed by atoms with E-state index in [1.165, 1.54) is 12.1 Å². The lowest BCUT2D eigenvalue weighted by Crippen LogP contribution is -2.33. The summed E-state index contributed by atoms with van der Waals surface area (Å²) in [5.74, 6) is -1.28. The Balaban J connectivity index is 2.32. The first-order valence-electron chi connectivity index (χ1n) is 5.45. The summed E-state index contributed by atoms with van der Waals surface area (Å²) in [6, 6.07) is 9.52. The van der Waals surface area contributed by atoms with Crippen LogP contribution in [0.5, 0.6) is 0 Å². The van der Waals surface area contributed by atoms with Crippen molar-refractivity contribution in [3.8, 4) is 0 Å².